The highest BCUT2D eigenvalue weighted by Gasteiger charge is 2.30. The van der Waals surface area contributed by atoms with E-state index in [1.807, 2.05) is 0 Å². The summed E-state index contributed by atoms with van der Waals surface area (Å²) in [5, 5.41) is 13.4. The summed E-state index contributed by atoms with van der Waals surface area (Å²) in [5.41, 5.74) is 1.14. The minimum absolute atomic E-state index is 0.0132. The van der Waals surface area contributed by atoms with Crippen LogP contribution in [0.2, 0.25) is 0 Å². The largest absolute Gasteiger partial charge is 0.550 e. The summed E-state index contributed by atoms with van der Waals surface area (Å²) in [6, 6.07) is 14.9. The Hall–Kier alpha value is -3.75. The molecule has 0 aliphatic heterocycles. The van der Waals surface area contributed by atoms with Gasteiger partial charge in [0.2, 0.25) is 5.91 Å². The Bertz CT molecular complexity index is 1110. The maximum atomic E-state index is 12.9. The van der Waals surface area contributed by atoms with E-state index in [-0.39, 0.29) is 25.1 Å². The van der Waals surface area contributed by atoms with Gasteiger partial charge in [0.1, 0.15) is 12.3 Å². The van der Waals surface area contributed by atoms with Crippen LogP contribution >= 0.6 is 0 Å². The third kappa shape index (κ3) is 5.69. The molecule has 1 aromatic heterocycles. The van der Waals surface area contributed by atoms with Crippen LogP contribution in [0, 0.1) is 0 Å². The molecule has 0 saturated carbocycles. The van der Waals surface area contributed by atoms with Crippen LogP contribution < -0.4 is 15.2 Å². The van der Waals surface area contributed by atoms with Gasteiger partial charge in [0, 0.05) is 23.0 Å². The zero-order valence-corrected chi connectivity index (χ0v) is 17.1. The van der Waals surface area contributed by atoms with Crippen molar-refractivity contribution in [3.63, 3.8) is 0 Å². The Morgan fingerprint density at radius 2 is 1.78 bits per heavy atom. The lowest BCUT2D eigenvalue weighted by molar-refractivity contribution is -0.305. The van der Waals surface area contributed by atoms with E-state index in [1.54, 1.807) is 41.0 Å². The molecule has 0 fully saturated rings. The molecule has 0 radical (unpaired) electrons. The molecule has 9 heteroatoms. The summed E-state index contributed by atoms with van der Waals surface area (Å²) in [6.07, 6.45) is -4.63. The summed E-state index contributed by atoms with van der Waals surface area (Å²) in [6.45, 7) is -0.215. The number of halogens is 3. The lowest BCUT2D eigenvalue weighted by atomic mass is 10.1. The predicted octanol–water partition coefficient (Wildman–Crippen LogP) is 3.50. The number of alkyl halides is 3. The average molecular weight is 445 g/mol. The molecule has 0 saturated heterocycles. The molecular formula is C23H20F3N2O4-. The smallest absolute Gasteiger partial charge is 0.416 e. The van der Waals surface area contributed by atoms with Crippen molar-refractivity contribution in [1.29, 1.82) is 0 Å². The molecule has 0 aliphatic rings. The molecule has 1 heterocycles. The van der Waals surface area contributed by atoms with Gasteiger partial charge in [-0.25, -0.2) is 0 Å². The van der Waals surface area contributed by atoms with E-state index in [4.69, 9.17) is 4.74 Å². The molecule has 0 spiro atoms. The van der Waals surface area contributed by atoms with E-state index in [2.05, 4.69) is 5.32 Å². The van der Waals surface area contributed by atoms with Crippen molar-refractivity contribution in [2.24, 2.45) is 0 Å². The number of aromatic nitrogens is 1. The number of aryl methyl sites for hydroxylation is 1. The highest BCUT2D eigenvalue weighted by atomic mass is 19.4. The van der Waals surface area contributed by atoms with Crippen LogP contribution in [0.3, 0.4) is 0 Å². The molecule has 32 heavy (non-hydrogen) atoms. The SMILES string of the molecule is COc1ccc(-c2ccc(CCC(=O)[O-])n2CC(=O)Nc2cccc(C(F)(F)F)c2)cc1. The third-order valence-corrected chi connectivity index (χ3v) is 4.82. The van der Waals surface area contributed by atoms with Gasteiger partial charge in [-0.15, -0.1) is 0 Å². The van der Waals surface area contributed by atoms with Crippen molar-refractivity contribution < 1.29 is 32.6 Å². The number of hydrogen-bond donors (Lipinski definition) is 1. The van der Waals surface area contributed by atoms with Crippen molar-refractivity contribution in [1.82, 2.24) is 4.57 Å². The van der Waals surface area contributed by atoms with E-state index < -0.39 is 23.6 Å². The zero-order chi connectivity index (χ0) is 23.3. The fraction of sp³-hybridized carbons (Fsp3) is 0.217. The van der Waals surface area contributed by atoms with Gasteiger partial charge in [-0.1, -0.05) is 6.07 Å². The minimum Gasteiger partial charge on any atom is -0.550 e. The van der Waals surface area contributed by atoms with Crippen molar-refractivity contribution in [3.05, 3.63) is 71.9 Å². The molecule has 168 valence electrons. The molecule has 0 atom stereocenters. The van der Waals surface area contributed by atoms with Crippen molar-refractivity contribution in [2.75, 3.05) is 12.4 Å². The van der Waals surface area contributed by atoms with E-state index in [0.29, 0.717) is 17.1 Å². The fourth-order valence-electron chi connectivity index (χ4n) is 3.28. The number of carboxylic acids is 1. The maximum absolute atomic E-state index is 12.9. The van der Waals surface area contributed by atoms with Gasteiger partial charge in [-0.2, -0.15) is 13.2 Å². The van der Waals surface area contributed by atoms with E-state index in [1.165, 1.54) is 19.2 Å². The number of amides is 1. The van der Waals surface area contributed by atoms with Crippen molar-refractivity contribution >= 4 is 17.6 Å². The number of hydrogen-bond acceptors (Lipinski definition) is 4. The molecular weight excluding hydrogens is 425 g/mol. The second kappa shape index (κ2) is 9.59. The summed E-state index contributed by atoms with van der Waals surface area (Å²) < 4.78 is 45.6. The Morgan fingerprint density at radius 1 is 1.06 bits per heavy atom. The van der Waals surface area contributed by atoms with E-state index in [9.17, 15) is 27.9 Å². The quantitative estimate of drug-likeness (QED) is 0.575. The number of carboxylic acid groups (broad SMARTS) is 1. The first kappa shape index (κ1) is 22.9. The summed E-state index contributed by atoms with van der Waals surface area (Å²) in [4.78, 5) is 23.6. The molecule has 3 rings (SSSR count). The van der Waals surface area contributed by atoms with Gasteiger partial charge >= 0.3 is 6.18 Å². The Morgan fingerprint density at radius 3 is 2.41 bits per heavy atom. The van der Waals surface area contributed by atoms with Crippen LogP contribution in [-0.2, 0) is 28.7 Å². The average Bonchev–Trinajstić information content (AvgIpc) is 3.14. The number of aliphatic carboxylic acids is 1. The van der Waals surface area contributed by atoms with Crippen LogP contribution in [0.25, 0.3) is 11.3 Å². The minimum atomic E-state index is -4.53. The lowest BCUT2D eigenvalue weighted by Gasteiger charge is -2.15. The standard InChI is InChI=1S/C23H21F3N2O4/c1-32-19-9-5-15(6-10-19)20-11-7-18(8-12-22(30)31)28(20)14-21(29)27-17-4-2-3-16(13-17)23(24,25)26/h2-7,9-11,13H,8,12,14H2,1H3,(H,27,29)(H,30,31)/p-1. The number of benzene rings is 2. The first-order valence-electron chi connectivity index (χ1n) is 9.67. The second-order valence-corrected chi connectivity index (χ2v) is 7.02. The third-order valence-electron chi connectivity index (χ3n) is 4.82. The van der Waals surface area contributed by atoms with Gasteiger partial charge in [-0.05, 0) is 73.0 Å². The first-order valence-corrected chi connectivity index (χ1v) is 9.67. The van der Waals surface area contributed by atoms with Crippen LogP contribution in [0.15, 0.2) is 60.7 Å². The summed E-state index contributed by atoms with van der Waals surface area (Å²) >= 11 is 0. The van der Waals surface area contributed by atoms with Gasteiger partial charge in [0.05, 0.1) is 12.7 Å². The van der Waals surface area contributed by atoms with Gasteiger partial charge in [0.25, 0.3) is 0 Å². The summed E-state index contributed by atoms with van der Waals surface area (Å²) in [7, 11) is 1.54. The monoisotopic (exact) mass is 445 g/mol. The maximum Gasteiger partial charge on any atom is 0.416 e. The van der Waals surface area contributed by atoms with E-state index in [0.717, 1.165) is 17.7 Å². The van der Waals surface area contributed by atoms with Crippen molar-refractivity contribution in [2.45, 2.75) is 25.6 Å². The van der Waals surface area contributed by atoms with Gasteiger partial charge < -0.3 is 24.5 Å². The highest BCUT2D eigenvalue weighted by molar-refractivity contribution is 5.91. The molecule has 2 aromatic carbocycles. The Balaban J connectivity index is 1.86. The highest BCUT2D eigenvalue weighted by Crippen LogP contribution is 2.31. The number of ether oxygens (including phenoxy) is 1. The second-order valence-electron chi connectivity index (χ2n) is 7.02. The molecule has 6 nitrogen and oxygen atoms in total. The first-order chi connectivity index (χ1) is 15.2. The molecule has 1 N–H and O–H groups in total. The van der Waals surface area contributed by atoms with Crippen LogP contribution in [-0.4, -0.2) is 23.6 Å². The molecule has 0 unspecified atom stereocenters. The Labute approximate surface area is 182 Å². The van der Waals surface area contributed by atoms with Crippen LogP contribution in [0.5, 0.6) is 5.75 Å². The van der Waals surface area contributed by atoms with Crippen LogP contribution in [0.4, 0.5) is 18.9 Å². The van der Waals surface area contributed by atoms with E-state index >= 15 is 0 Å². The fourth-order valence-corrected chi connectivity index (χ4v) is 3.28. The number of carbonyl (C=O) groups excluding carboxylic acids is 2. The number of methoxy groups -OCH3 is 1. The zero-order valence-electron chi connectivity index (χ0n) is 17.1. The molecule has 0 bridgehead atoms. The normalized spacial score (nSPS) is 11.2. The van der Waals surface area contributed by atoms with Crippen molar-refractivity contribution in [3.8, 4) is 17.0 Å². The number of anilines is 1. The number of rotatable bonds is 8. The lowest BCUT2D eigenvalue weighted by Crippen LogP contribution is -2.24. The van der Waals surface area contributed by atoms with Gasteiger partial charge in [0.15, 0.2) is 0 Å². The predicted molar refractivity (Wildman–Crippen MR) is 110 cm³/mol. The molecule has 3 aromatic rings. The molecule has 1 amide bonds. The number of nitrogens with zero attached hydrogens (tertiary/aromatic N) is 1. The number of carbonyl (C=O) groups is 2. The molecule has 0 aliphatic carbocycles. The van der Waals surface area contributed by atoms with Gasteiger partial charge in [-0.3, -0.25) is 4.79 Å². The topological polar surface area (TPSA) is 83.4 Å². The Kier molecular flexibility index (Phi) is 6.87. The summed E-state index contributed by atoms with van der Waals surface area (Å²) in [5.74, 6) is -1.13. The number of nitrogens with one attached hydrogen (secondary N) is 1. The van der Waals surface area contributed by atoms with Crippen LogP contribution in [0.1, 0.15) is 17.7 Å².